The average molecular weight is 140 g/mol. The fourth-order valence-electron chi connectivity index (χ4n) is 0.739. The molecule has 1 heterocycles. The van der Waals surface area contributed by atoms with Gasteiger partial charge in [0, 0.05) is 5.57 Å². The zero-order valence-electron chi connectivity index (χ0n) is 5.93. The highest BCUT2D eigenvalue weighted by Crippen LogP contribution is 2.15. The number of carbonyl (C=O) groups is 2. The molecule has 0 saturated heterocycles. The van der Waals surface area contributed by atoms with E-state index in [1.54, 1.807) is 13.8 Å². The molecular formula is C7H8O3. The van der Waals surface area contributed by atoms with E-state index in [0.717, 1.165) is 5.57 Å². The van der Waals surface area contributed by atoms with E-state index in [1.165, 1.54) is 0 Å². The van der Waals surface area contributed by atoms with Crippen LogP contribution in [-0.2, 0) is 14.3 Å². The minimum Gasteiger partial charge on any atom is -0.389 e. The molecule has 0 aromatic heterocycles. The van der Waals surface area contributed by atoms with Crippen LogP contribution in [0.15, 0.2) is 11.1 Å². The minimum atomic E-state index is -0.506. The SMILES string of the molecule is CC1=C(C)C(=O)OC(=O)C1. The predicted molar refractivity (Wildman–Crippen MR) is 34.1 cm³/mol. The number of carbonyl (C=O) groups excluding carboxylic acids is 2. The smallest absolute Gasteiger partial charge is 0.341 e. The van der Waals surface area contributed by atoms with Gasteiger partial charge in [0.2, 0.25) is 0 Å². The Hall–Kier alpha value is -1.12. The number of cyclic esters (lactones) is 2. The summed E-state index contributed by atoms with van der Waals surface area (Å²) in [5, 5.41) is 0. The first-order valence-electron chi connectivity index (χ1n) is 3.02. The Balaban J connectivity index is 2.95. The van der Waals surface area contributed by atoms with Crippen molar-refractivity contribution in [3.8, 4) is 0 Å². The van der Waals surface area contributed by atoms with Gasteiger partial charge < -0.3 is 4.74 Å². The summed E-state index contributed by atoms with van der Waals surface area (Å²) in [7, 11) is 0. The molecule has 0 unspecified atom stereocenters. The number of rotatable bonds is 0. The van der Waals surface area contributed by atoms with Gasteiger partial charge in [-0.3, -0.25) is 4.79 Å². The summed E-state index contributed by atoms with van der Waals surface area (Å²) in [5.74, 6) is -0.957. The topological polar surface area (TPSA) is 43.4 Å². The van der Waals surface area contributed by atoms with E-state index < -0.39 is 11.9 Å². The third-order valence-corrected chi connectivity index (χ3v) is 1.56. The molecule has 0 aromatic carbocycles. The maximum absolute atomic E-state index is 10.7. The van der Waals surface area contributed by atoms with Crippen molar-refractivity contribution in [3.63, 3.8) is 0 Å². The number of hydrogen-bond acceptors (Lipinski definition) is 3. The van der Waals surface area contributed by atoms with Gasteiger partial charge in [-0.15, -0.1) is 0 Å². The summed E-state index contributed by atoms with van der Waals surface area (Å²) in [6.07, 6.45) is 0.248. The van der Waals surface area contributed by atoms with Crippen LogP contribution >= 0.6 is 0 Å². The van der Waals surface area contributed by atoms with E-state index in [9.17, 15) is 9.59 Å². The highest BCUT2D eigenvalue weighted by Gasteiger charge is 2.21. The number of esters is 2. The first kappa shape index (κ1) is 6.99. The van der Waals surface area contributed by atoms with E-state index in [0.29, 0.717) is 5.57 Å². The molecule has 0 aromatic rings. The molecule has 54 valence electrons. The molecule has 1 rings (SSSR count). The van der Waals surface area contributed by atoms with Gasteiger partial charge in [-0.2, -0.15) is 0 Å². The van der Waals surface area contributed by atoms with Crippen LogP contribution in [0.2, 0.25) is 0 Å². The van der Waals surface area contributed by atoms with E-state index in [2.05, 4.69) is 4.74 Å². The second-order valence-corrected chi connectivity index (χ2v) is 2.34. The van der Waals surface area contributed by atoms with Crippen LogP contribution in [0.1, 0.15) is 20.3 Å². The van der Waals surface area contributed by atoms with Crippen molar-refractivity contribution in [2.24, 2.45) is 0 Å². The van der Waals surface area contributed by atoms with E-state index >= 15 is 0 Å². The molecule has 3 heteroatoms. The standard InChI is InChI=1S/C7H8O3/c1-4-3-6(8)10-7(9)5(4)2/h3H2,1-2H3. The highest BCUT2D eigenvalue weighted by molar-refractivity contribution is 6.00. The van der Waals surface area contributed by atoms with Crippen molar-refractivity contribution in [3.05, 3.63) is 11.1 Å². The highest BCUT2D eigenvalue weighted by atomic mass is 16.6. The minimum absolute atomic E-state index is 0.248. The van der Waals surface area contributed by atoms with Gasteiger partial charge in [0.05, 0.1) is 6.42 Å². The van der Waals surface area contributed by atoms with Gasteiger partial charge in [0.15, 0.2) is 0 Å². The lowest BCUT2D eigenvalue weighted by Crippen LogP contribution is -2.19. The Morgan fingerprint density at radius 3 is 2.40 bits per heavy atom. The van der Waals surface area contributed by atoms with Gasteiger partial charge in [0.1, 0.15) is 0 Å². The normalized spacial score (nSPS) is 19.4. The van der Waals surface area contributed by atoms with Gasteiger partial charge in [0.25, 0.3) is 0 Å². The first-order chi connectivity index (χ1) is 4.61. The summed E-state index contributed by atoms with van der Waals surface area (Å²) >= 11 is 0. The zero-order chi connectivity index (χ0) is 7.72. The van der Waals surface area contributed by atoms with Crippen LogP contribution < -0.4 is 0 Å². The fourth-order valence-corrected chi connectivity index (χ4v) is 0.739. The van der Waals surface area contributed by atoms with Crippen molar-refractivity contribution in [2.75, 3.05) is 0 Å². The predicted octanol–water partition coefficient (Wildman–Crippen LogP) is 0.796. The second kappa shape index (κ2) is 2.25. The molecule has 0 aliphatic carbocycles. The third-order valence-electron chi connectivity index (χ3n) is 1.56. The van der Waals surface area contributed by atoms with Crippen LogP contribution in [0.3, 0.4) is 0 Å². The van der Waals surface area contributed by atoms with Crippen LogP contribution in [-0.4, -0.2) is 11.9 Å². The lowest BCUT2D eigenvalue weighted by atomic mass is 10.1. The van der Waals surface area contributed by atoms with Crippen molar-refractivity contribution in [1.82, 2.24) is 0 Å². The summed E-state index contributed by atoms with van der Waals surface area (Å²) in [4.78, 5) is 21.3. The van der Waals surface area contributed by atoms with Gasteiger partial charge in [-0.05, 0) is 13.8 Å². The van der Waals surface area contributed by atoms with Crippen molar-refractivity contribution < 1.29 is 14.3 Å². The Bertz CT molecular complexity index is 225. The zero-order valence-corrected chi connectivity index (χ0v) is 5.93. The third kappa shape index (κ3) is 1.07. The Morgan fingerprint density at radius 1 is 1.30 bits per heavy atom. The fraction of sp³-hybridized carbons (Fsp3) is 0.429. The second-order valence-electron chi connectivity index (χ2n) is 2.34. The molecule has 3 nitrogen and oxygen atoms in total. The molecule has 1 aliphatic rings. The Kier molecular flexibility index (Phi) is 1.57. The quantitative estimate of drug-likeness (QED) is 0.369. The van der Waals surface area contributed by atoms with Crippen molar-refractivity contribution in [2.45, 2.75) is 20.3 Å². The molecule has 0 amide bonds. The molecule has 1 aliphatic heterocycles. The molecule has 0 saturated carbocycles. The largest absolute Gasteiger partial charge is 0.389 e. The van der Waals surface area contributed by atoms with Crippen LogP contribution in [0.25, 0.3) is 0 Å². The summed E-state index contributed by atoms with van der Waals surface area (Å²) in [5.41, 5.74) is 1.36. The molecule has 0 atom stereocenters. The van der Waals surface area contributed by atoms with Crippen molar-refractivity contribution >= 4 is 11.9 Å². The maximum Gasteiger partial charge on any atom is 0.341 e. The van der Waals surface area contributed by atoms with E-state index in [4.69, 9.17) is 0 Å². The Labute approximate surface area is 58.7 Å². The molecule has 0 fully saturated rings. The van der Waals surface area contributed by atoms with Crippen LogP contribution in [0.5, 0.6) is 0 Å². The van der Waals surface area contributed by atoms with E-state index in [-0.39, 0.29) is 6.42 Å². The first-order valence-corrected chi connectivity index (χ1v) is 3.02. The van der Waals surface area contributed by atoms with Crippen LogP contribution in [0, 0.1) is 0 Å². The molecule has 10 heavy (non-hydrogen) atoms. The van der Waals surface area contributed by atoms with Gasteiger partial charge >= 0.3 is 11.9 Å². The van der Waals surface area contributed by atoms with Crippen LogP contribution in [0.4, 0.5) is 0 Å². The summed E-state index contributed by atoms with van der Waals surface area (Å²) < 4.78 is 4.33. The summed E-state index contributed by atoms with van der Waals surface area (Å²) in [6, 6.07) is 0. The lowest BCUT2D eigenvalue weighted by Gasteiger charge is -2.11. The number of hydrogen-bond donors (Lipinski definition) is 0. The lowest BCUT2D eigenvalue weighted by molar-refractivity contribution is -0.157. The van der Waals surface area contributed by atoms with Gasteiger partial charge in [-0.1, -0.05) is 5.57 Å². The van der Waals surface area contributed by atoms with E-state index in [1.807, 2.05) is 0 Å². The Morgan fingerprint density at radius 2 is 1.90 bits per heavy atom. The molecule has 0 bridgehead atoms. The molecule has 0 spiro atoms. The van der Waals surface area contributed by atoms with Gasteiger partial charge in [-0.25, -0.2) is 4.79 Å². The molecule has 0 N–H and O–H groups in total. The maximum atomic E-state index is 10.7. The average Bonchev–Trinajstić information content (AvgIpc) is 1.82. The monoisotopic (exact) mass is 140 g/mol. The summed E-state index contributed by atoms with van der Waals surface area (Å²) in [6.45, 7) is 3.41. The van der Waals surface area contributed by atoms with Crippen molar-refractivity contribution in [1.29, 1.82) is 0 Å². The number of ether oxygens (including phenoxy) is 1. The molecule has 0 radical (unpaired) electrons. The molecular weight excluding hydrogens is 132 g/mol.